The monoisotopic (exact) mass is 171 g/mol. The van der Waals surface area contributed by atoms with Gasteiger partial charge in [-0.05, 0) is 0 Å². The van der Waals surface area contributed by atoms with Gasteiger partial charge in [-0.3, -0.25) is 8.42 Å². The van der Waals surface area contributed by atoms with E-state index >= 15 is 0 Å². The Morgan fingerprint density at radius 2 is 1.14 bits per heavy atom. The van der Waals surface area contributed by atoms with Gasteiger partial charge >= 0.3 is 16.5 Å². The summed E-state index contributed by atoms with van der Waals surface area (Å²) in [7, 11) is -5.17. The van der Waals surface area contributed by atoms with Crippen LogP contribution in [0.2, 0.25) is 0 Å². The molecule has 5 nitrogen and oxygen atoms in total. The van der Waals surface area contributed by atoms with Crippen molar-refractivity contribution < 1.29 is 39.5 Å². The van der Waals surface area contributed by atoms with E-state index in [0.29, 0.717) is 0 Å². The van der Waals surface area contributed by atoms with Crippen LogP contribution >= 0.6 is 0 Å². The fraction of sp³-hybridized carbons (Fsp3) is 0. The molecule has 0 aliphatic rings. The van der Waals surface area contributed by atoms with E-state index in [1.54, 1.807) is 0 Å². The van der Waals surface area contributed by atoms with Gasteiger partial charge in [-0.2, -0.15) is 0 Å². The summed E-state index contributed by atoms with van der Waals surface area (Å²) < 4.78 is 34.1. The van der Waals surface area contributed by atoms with Gasteiger partial charge in [0.25, 0.3) is 0 Å². The maximum Gasteiger partial charge on any atom is 3.00 e. The maximum atomic E-state index is 8.52. The molecule has 0 unspecified atom stereocenters. The third-order valence-electron chi connectivity index (χ3n) is 0. The summed E-state index contributed by atoms with van der Waals surface area (Å²) in [6, 6.07) is 0. The Morgan fingerprint density at radius 1 is 1.14 bits per heavy atom. The molecule has 0 aliphatic heterocycles. The van der Waals surface area contributed by atoms with Gasteiger partial charge in [0.2, 0.25) is 0 Å². The molecule has 0 rings (SSSR count). The molecule has 0 atom stereocenters. The van der Waals surface area contributed by atoms with Gasteiger partial charge in [0.15, 0.2) is 0 Å². The Balaban J connectivity index is -0.0000000800. The van der Waals surface area contributed by atoms with E-state index in [4.69, 9.17) is 17.5 Å². The Morgan fingerprint density at radius 3 is 1.14 bits per heavy atom. The van der Waals surface area contributed by atoms with Crippen LogP contribution in [0.1, 0.15) is 0 Å². The molecule has 1 N–H and O–H groups in total. The average Bonchev–Trinajstić information content (AvgIpc) is 0.722. The first-order valence-electron chi connectivity index (χ1n) is 0.667. The normalized spacial score (nSPS) is 8.29. The van der Waals surface area contributed by atoms with E-state index in [1.165, 1.54) is 0 Å². The Labute approximate surface area is 50.5 Å². The van der Waals surface area contributed by atoms with Gasteiger partial charge in [-0.15, -0.1) is 0 Å². The van der Waals surface area contributed by atoms with Crippen molar-refractivity contribution in [1.29, 1.82) is 0 Å². The molecule has 7 heteroatoms. The molecule has 0 heterocycles. The van der Waals surface area contributed by atoms with Crippen LogP contribution in [0.5, 0.6) is 0 Å². The second kappa shape index (κ2) is 4.48. The van der Waals surface area contributed by atoms with Crippen LogP contribution in [0, 0.1) is 0 Å². The molecular formula is HNiO5S. The molecule has 0 aromatic heterocycles. The predicted molar refractivity (Wildman–Crippen MR) is 12.4 cm³/mol. The van der Waals surface area contributed by atoms with Crippen LogP contribution in [0.4, 0.5) is 0 Å². The van der Waals surface area contributed by atoms with Crippen LogP contribution in [-0.2, 0) is 26.9 Å². The van der Waals surface area contributed by atoms with Crippen molar-refractivity contribution >= 4 is 10.4 Å². The quantitative estimate of drug-likeness (QED) is 0.250. The minimum absolute atomic E-state index is 0. The van der Waals surface area contributed by atoms with Gasteiger partial charge in [0, 0.05) is 10.4 Å². The Kier molecular flexibility index (Phi) is 10.0. The van der Waals surface area contributed by atoms with Crippen molar-refractivity contribution in [2.24, 2.45) is 0 Å². The SMILES string of the molecule is O=S(=O)([O-])[O-].[Ni+3].[OH-]. The molecule has 0 aliphatic carbocycles. The molecule has 0 amide bonds. The third kappa shape index (κ3) is 1130. The van der Waals surface area contributed by atoms with Crippen molar-refractivity contribution in [1.82, 2.24) is 0 Å². The number of hydrogen-bond acceptors (Lipinski definition) is 5. The summed E-state index contributed by atoms with van der Waals surface area (Å²) >= 11 is 0. The zero-order chi connectivity index (χ0) is 4.50. The molecule has 0 saturated carbocycles. The summed E-state index contributed by atoms with van der Waals surface area (Å²) in [6.45, 7) is 0. The van der Waals surface area contributed by atoms with Crippen molar-refractivity contribution in [3.63, 3.8) is 0 Å². The van der Waals surface area contributed by atoms with Crippen molar-refractivity contribution in [2.75, 3.05) is 0 Å². The average molecular weight is 172 g/mol. The topological polar surface area (TPSA) is 110 Å². The van der Waals surface area contributed by atoms with Crippen molar-refractivity contribution in [3.05, 3.63) is 0 Å². The summed E-state index contributed by atoms with van der Waals surface area (Å²) in [5.41, 5.74) is 0. The molecule has 47 valence electrons. The molecule has 1 radical (unpaired) electrons. The molecule has 0 fully saturated rings. The second-order valence-electron chi connectivity index (χ2n) is 0.408. The minimum Gasteiger partial charge on any atom is -0.870 e. The molecule has 0 spiro atoms. The van der Waals surface area contributed by atoms with Crippen LogP contribution < -0.4 is 0 Å². The number of hydrogen-bond donors (Lipinski definition) is 0. The smallest absolute Gasteiger partial charge is 0.870 e. The first-order chi connectivity index (χ1) is 2.00. The van der Waals surface area contributed by atoms with Gasteiger partial charge < -0.3 is 14.6 Å². The van der Waals surface area contributed by atoms with Crippen molar-refractivity contribution in [3.8, 4) is 0 Å². The number of rotatable bonds is 0. The molecular weight excluding hydrogens is 171 g/mol. The van der Waals surface area contributed by atoms with E-state index in [-0.39, 0.29) is 22.0 Å². The van der Waals surface area contributed by atoms with E-state index in [2.05, 4.69) is 0 Å². The maximum absolute atomic E-state index is 8.52. The standard InChI is InChI=1S/Ni.H2O4S.H2O/c;1-5(2,3)4;/h;(H2,1,2,3,4);1H2/q+3;;/p-3. The van der Waals surface area contributed by atoms with E-state index in [1.807, 2.05) is 0 Å². The third-order valence-corrected chi connectivity index (χ3v) is 0. The summed E-state index contributed by atoms with van der Waals surface area (Å²) in [6.07, 6.45) is 0. The van der Waals surface area contributed by atoms with Gasteiger partial charge in [0.05, 0.1) is 0 Å². The largest absolute Gasteiger partial charge is 3.00 e. The van der Waals surface area contributed by atoms with Crippen LogP contribution in [0.25, 0.3) is 0 Å². The molecule has 0 aromatic rings. The van der Waals surface area contributed by atoms with Crippen LogP contribution in [0.3, 0.4) is 0 Å². The molecule has 0 bridgehead atoms. The summed E-state index contributed by atoms with van der Waals surface area (Å²) in [4.78, 5) is 0. The summed E-state index contributed by atoms with van der Waals surface area (Å²) in [5.74, 6) is 0. The Bertz CT molecular complexity index is 91.2. The zero-order valence-electron chi connectivity index (χ0n) is 2.80. The van der Waals surface area contributed by atoms with Crippen LogP contribution in [-0.4, -0.2) is 23.0 Å². The van der Waals surface area contributed by atoms with Gasteiger partial charge in [-0.25, -0.2) is 0 Å². The fourth-order valence-electron chi connectivity index (χ4n) is 0. The predicted octanol–water partition coefficient (Wildman–Crippen LogP) is -1.52. The fourth-order valence-corrected chi connectivity index (χ4v) is 0. The minimum atomic E-state index is -5.17. The van der Waals surface area contributed by atoms with E-state index in [9.17, 15) is 0 Å². The molecule has 7 heavy (non-hydrogen) atoms. The van der Waals surface area contributed by atoms with Crippen molar-refractivity contribution in [2.45, 2.75) is 0 Å². The first-order valence-corrected chi connectivity index (χ1v) is 2.00. The van der Waals surface area contributed by atoms with Gasteiger partial charge in [0.1, 0.15) is 0 Å². The first kappa shape index (κ1) is 15.7. The van der Waals surface area contributed by atoms with Crippen LogP contribution in [0.15, 0.2) is 0 Å². The summed E-state index contributed by atoms with van der Waals surface area (Å²) in [5, 5.41) is 0. The molecule has 0 aromatic carbocycles. The van der Waals surface area contributed by atoms with E-state index < -0.39 is 10.4 Å². The molecule has 0 saturated heterocycles. The van der Waals surface area contributed by atoms with Gasteiger partial charge in [-0.1, -0.05) is 0 Å². The zero-order valence-corrected chi connectivity index (χ0v) is 4.61. The second-order valence-corrected chi connectivity index (χ2v) is 1.22. The van der Waals surface area contributed by atoms with E-state index in [0.717, 1.165) is 0 Å². The Hall–Kier alpha value is 0.324.